The van der Waals surface area contributed by atoms with E-state index in [2.05, 4.69) is 0 Å². The molecule has 0 spiro atoms. The van der Waals surface area contributed by atoms with Crippen LogP contribution in [0.4, 0.5) is 0 Å². The molecule has 0 saturated carbocycles. The van der Waals surface area contributed by atoms with Gasteiger partial charge in [-0.15, -0.1) is 0 Å². The van der Waals surface area contributed by atoms with Crippen molar-refractivity contribution in [2.45, 2.75) is 25.4 Å². The van der Waals surface area contributed by atoms with Gasteiger partial charge in [0, 0.05) is 33.4 Å². The van der Waals surface area contributed by atoms with Crippen molar-refractivity contribution in [3.63, 3.8) is 0 Å². The van der Waals surface area contributed by atoms with E-state index >= 15 is 0 Å². The Morgan fingerprint density at radius 1 is 1.36 bits per heavy atom. The molecule has 0 aliphatic carbocycles. The lowest BCUT2D eigenvalue weighted by Gasteiger charge is -2.31. The minimum atomic E-state index is -0.603. The smallest absolute Gasteiger partial charge is 0.242 e. The van der Waals surface area contributed by atoms with Gasteiger partial charge in [-0.1, -0.05) is 30.3 Å². The Labute approximate surface area is 132 Å². The number of methoxy groups -OCH3 is 1. The van der Waals surface area contributed by atoms with Crippen LogP contribution in [0.1, 0.15) is 18.4 Å². The van der Waals surface area contributed by atoms with Crippen molar-refractivity contribution in [1.29, 1.82) is 0 Å². The maximum absolute atomic E-state index is 12.6. The summed E-state index contributed by atoms with van der Waals surface area (Å²) in [6.07, 6.45) is 2.00. The number of carbonyl (C=O) groups excluding carboxylic acids is 1. The van der Waals surface area contributed by atoms with Gasteiger partial charge in [-0.25, -0.2) is 0 Å². The van der Waals surface area contributed by atoms with Gasteiger partial charge in [-0.05, 0) is 24.3 Å². The van der Waals surface area contributed by atoms with E-state index in [4.69, 9.17) is 15.2 Å². The molecule has 1 aromatic carbocycles. The quantitative estimate of drug-likeness (QED) is 0.827. The third kappa shape index (κ3) is 5.09. The molecule has 122 valence electrons. The van der Waals surface area contributed by atoms with E-state index in [-0.39, 0.29) is 12.5 Å². The number of amides is 1. The van der Waals surface area contributed by atoms with E-state index in [1.165, 1.54) is 0 Å². The number of hydrogen-bond acceptors (Lipinski definition) is 4. The Kier molecular flexibility index (Phi) is 6.83. The van der Waals surface area contributed by atoms with Gasteiger partial charge < -0.3 is 20.1 Å². The molecule has 0 radical (unpaired) electrons. The van der Waals surface area contributed by atoms with Gasteiger partial charge in [-0.3, -0.25) is 4.79 Å². The molecule has 1 amide bonds. The van der Waals surface area contributed by atoms with Crippen LogP contribution < -0.4 is 5.73 Å². The summed E-state index contributed by atoms with van der Waals surface area (Å²) in [6.45, 7) is 3.13. The molecule has 1 atom stereocenters. The van der Waals surface area contributed by atoms with Crippen LogP contribution in [0.5, 0.6) is 0 Å². The number of nitrogens with zero attached hydrogens (tertiary/aromatic N) is 1. The highest BCUT2D eigenvalue weighted by atomic mass is 16.5. The normalized spacial score (nSPS) is 17.2. The molecule has 1 unspecified atom stereocenters. The highest BCUT2D eigenvalue weighted by molar-refractivity contribution is 5.81. The number of benzene rings is 1. The summed E-state index contributed by atoms with van der Waals surface area (Å²) in [6, 6.07) is 9.42. The minimum Gasteiger partial charge on any atom is -0.383 e. The summed E-state index contributed by atoms with van der Waals surface area (Å²) in [5, 5.41) is 0. The van der Waals surface area contributed by atoms with E-state index in [1.54, 1.807) is 7.11 Å². The van der Waals surface area contributed by atoms with Crippen LogP contribution in [0, 0.1) is 5.92 Å². The van der Waals surface area contributed by atoms with Gasteiger partial charge in [0.25, 0.3) is 0 Å². The summed E-state index contributed by atoms with van der Waals surface area (Å²) in [7, 11) is 1.56. The van der Waals surface area contributed by atoms with E-state index in [9.17, 15) is 4.79 Å². The van der Waals surface area contributed by atoms with Crippen LogP contribution in [0.3, 0.4) is 0 Å². The third-order valence-electron chi connectivity index (χ3n) is 4.01. The van der Waals surface area contributed by atoms with Crippen LogP contribution in [0.25, 0.3) is 0 Å². The standard InChI is InChI=1S/C17H26N2O3/c1-21-13-16(18)17(20)19(11-14-5-3-2-4-6-14)12-15-7-9-22-10-8-15/h2-6,15-16H,7-13,18H2,1H3. The zero-order valence-corrected chi connectivity index (χ0v) is 13.2. The Hall–Kier alpha value is -1.43. The van der Waals surface area contributed by atoms with Crippen LogP contribution in [-0.4, -0.2) is 50.3 Å². The molecule has 1 fully saturated rings. The number of rotatable bonds is 7. The summed E-state index contributed by atoms with van der Waals surface area (Å²) in [5.41, 5.74) is 7.06. The second-order valence-corrected chi connectivity index (χ2v) is 5.82. The van der Waals surface area contributed by atoms with Crippen molar-refractivity contribution < 1.29 is 14.3 Å². The highest BCUT2D eigenvalue weighted by Gasteiger charge is 2.25. The zero-order valence-electron chi connectivity index (χ0n) is 13.2. The van der Waals surface area contributed by atoms with E-state index in [0.29, 0.717) is 12.5 Å². The fourth-order valence-corrected chi connectivity index (χ4v) is 2.76. The average molecular weight is 306 g/mol. The molecule has 1 aromatic rings. The molecule has 5 nitrogen and oxygen atoms in total. The van der Waals surface area contributed by atoms with E-state index in [1.807, 2.05) is 35.2 Å². The van der Waals surface area contributed by atoms with Crippen molar-refractivity contribution in [1.82, 2.24) is 4.90 Å². The highest BCUT2D eigenvalue weighted by Crippen LogP contribution is 2.18. The molecule has 0 bridgehead atoms. The molecular weight excluding hydrogens is 280 g/mol. The maximum atomic E-state index is 12.6. The Balaban J connectivity index is 2.03. The first-order valence-corrected chi connectivity index (χ1v) is 7.85. The predicted molar refractivity (Wildman–Crippen MR) is 85.3 cm³/mol. The molecular formula is C17H26N2O3. The summed E-state index contributed by atoms with van der Waals surface area (Å²) in [4.78, 5) is 14.5. The lowest BCUT2D eigenvalue weighted by atomic mass is 9.99. The van der Waals surface area contributed by atoms with Crippen molar-refractivity contribution in [3.05, 3.63) is 35.9 Å². The number of nitrogens with two attached hydrogens (primary N) is 1. The Morgan fingerprint density at radius 2 is 2.05 bits per heavy atom. The summed E-state index contributed by atoms with van der Waals surface area (Å²) in [5.74, 6) is 0.438. The van der Waals surface area contributed by atoms with Gasteiger partial charge in [0.2, 0.25) is 5.91 Å². The fourth-order valence-electron chi connectivity index (χ4n) is 2.76. The van der Waals surface area contributed by atoms with Crippen LogP contribution in [0.2, 0.25) is 0 Å². The first kappa shape index (κ1) is 16.9. The summed E-state index contributed by atoms with van der Waals surface area (Å²) < 4.78 is 10.4. The third-order valence-corrected chi connectivity index (χ3v) is 4.01. The zero-order chi connectivity index (χ0) is 15.8. The van der Waals surface area contributed by atoms with Gasteiger partial charge >= 0.3 is 0 Å². The summed E-state index contributed by atoms with van der Waals surface area (Å²) >= 11 is 0. The van der Waals surface area contributed by atoms with Crippen molar-refractivity contribution in [3.8, 4) is 0 Å². The number of ether oxygens (including phenoxy) is 2. The number of hydrogen-bond donors (Lipinski definition) is 1. The molecule has 2 rings (SSSR count). The molecule has 0 aromatic heterocycles. The molecule has 1 heterocycles. The molecule has 22 heavy (non-hydrogen) atoms. The molecule has 1 saturated heterocycles. The van der Waals surface area contributed by atoms with Crippen LogP contribution >= 0.6 is 0 Å². The monoisotopic (exact) mass is 306 g/mol. The van der Waals surface area contributed by atoms with Gasteiger partial charge in [0.15, 0.2) is 0 Å². The largest absolute Gasteiger partial charge is 0.383 e. The van der Waals surface area contributed by atoms with Gasteiger partial charge in [-0.2, -0.15) is 0 Å². The van der Waals surface area contributed by atoms with Crippen LogP contribution in [-0.2, 0) is 20.8 Å². The second kappa shape index (κ2) is 8.88. The number of carbonyl (C=O) groups is 1. The predicted octanol–water partition coefficient (Wildman–Crippen LogP) is 1.42. The van der Waals surface area contributed by atoms with Crippen molar-refractivity contribution >= 4 is 5.91 Å². The average Bonchev–Trinajstić information content (AvgIpc) is 2.56. The second-order valence-electron chi connectivity index (χ2n) is 5.82. The van der Waals surface area contributed by atoms with Gasteiger partial charge in [0.05, 0.1) is 6.61 Å². The first-order valence-electron chi connectivity index (χ1n) is 7.85. The fraction of sp³-hybridized carbons (Fsp3) is 0.588. The lowest BCUT2D eigenvalue weighted by molar-refractivity contribution is -0.135. The van der Waals surface area contributed by atoms with E-state index in [0.717, 1.165) is 38.2 Å². The minimum absolute atomic E-state index is 0.0443. The Morgan fingerprint density at radius 3 is 2.68 bits per heavy atom. The maximum Gasteiger partial charge on any atom is 0.242 e. The molecule has 1 aliphatic heterocycles. The Bertz CT molecular complexity index is 446. The lowest BCUT2D eigenvalue weighted by Crippen LogP contribution is -2.47. The first-order chi connectivity index (χ1) is 10.7. The van der Waals surface area contributed by atoms with Gasteiger partial charge in [0.1, 0.15) is 6.04 Å². The molecule has 2 N–H and O–H groups in total. The molecule has 1 aliphatic rings. The van der Waals surface area contributed by atoms with E-state index < -0.39 is 6.04 Å². The van der Waals surface area contributed by atoms with Crippen molar-refractivity contribution in [2.75, 3.05) is 33.5 Å². The SMILES string of the molecule is COCC(N)C(=O)N(Cc1ccccc1)CC1CCOCC1. The topological polar surface area (TPSA) is 64.8 Å². The molecule has 5 heteroatoms. The van der Waals surface area contributed by atoms with Crippen LogP contribution in [0.15, 0.2) is 30.3 Å². The van der Waals surface area contributed by atoms with Crippen molar-refractivity contribution in [2.24, 2.45) is 11.7 Å².